The lowest BCUT2D eigenvalue weighted by Gasteiger charge is -2.17. The highest BCUT2D eigenvalue weighted by molar-refractivity contribution is 5.65. The van der Waals surface area contributed by atoms with Crippen LogP contribution >= 0.6 is 0 Å². The lowest BCUT2D eigenvalue weighted by Crippen LogP contribution is -2.21. The van der Waals surface area contributed by atoms with Crippen molar-refractivity contribution >= 4 is 5.69 Å². The minimum Gasteiger partial charge on any atom is -0.496 e. The SMILES string of the molecule is CCN1CC(CCCN)c2c(OC)cccc21. The van der Waals surface area contributed by atoms with Crippen molar-refractivity contribution in [3.8, 4) is 5.75 Å². The number of nitrogens with zero attached hydrogens (tertiary/aromatic N) is 1. The molecule has 0 saturated heterocycles. The number of methoxy groups -OCH3 is 1. The third-order valence-corrected chi connectivity index (χ3v) is 3.59. The number of ether oxygens (including phenoxy) is 1. The minimum atomic E-state index is 0.574. The first-order valence-electron chi connectivity index (χ1n) is 6.43. The molecule has 1 aromatic carbocycles. The molecule has 1 unspecified atom stereocenters. The van der Waals surface area contributed by atoms with Crippen molar-refractivity contribution in [2.24, 2.45) is 5.73 Å². The van der Waals surface area contributed by atoms with E-state index in [0.29, 0.717) is 5.92 Å². The zero-order chi connectivity index (χ0) is 12.3. The normalized spacial score (nSPS) is 18.3. The molecule has 0 saturated carbocycles. The fourth-order valence-corrected chi connectivity index (χ4v) is 2.75. The number of hydrogen-bond donors (Lipinski definition) is 1. The summed E-state index contributed by atoms with van der Waals surface area (Å²) in [5.41, 5.74) is 8.34. The summed E-state index contributed by atoms with van der Waals surface area (Å²) >= 11 is 0. The van der Waals surface area contributed by atoms with Crippen molar-refractivity contribution in [3.05, 3.63) is 23.8 Å². The van der Waals surface area contributed by atoms with Gasteiger partial charge in [-0.15, -0.1) is 0 Å². The van der Waals surface area contributed by atoms with Crippen molar-refractivity contribution in [1.29, 1.82) is 0 Å². The Morgan fingerprint density at radius 3 is 2.94 bits per heavy atom. The lowest BCUT2D eigenvalue weighted by atomic mass is 9.95. The Bertz CT molecular complexity index is 378. The molecule has 2 rings (SSSR count). The molecule has 0 amide bonds. The highest BCUT2D eigenvalue weighted by Gasteiger charge is 2.29. The van der Waals surface area contributed by atoms with E-state index in [2.05, 4.69) is 30.0 Å². The van der Waals surface area contributed by atoms with E-state index < -0.39 is 0 Å². The van der Waals surface area contributed by atoms with Crippen LogP contribution in [-0.2, 0) is 0 Å². The van der Waals surface area contributed by atoms with Gasteiger partial charge in [0.15, 0.2) is 0 Å². The molecule has 0 bridgehead atoms. The monoisotopic (exact) mass is 234 g/mol. The number of hydrogen-bond acceptors (Lipinski definition) is 3. The van der Waals surface area contributed by atoms with Crippen LogP contribution in [-0.4, -0.2) is 26.7 Å². The van der Waals surface area contributed by atoms with Crippen LogP contribution in [0.3, 0.4) is 0 Å². The molecule has 0 fully saturated rings. The van der Waals surface area contributed by atoms with E-state index >= 15 is 0 Å². The van der Waals surface area contributed by atoms with Crippen LogP contribution in [0, 0.1) is 0 Å². The van der Waals surface area contributed by atoms with Crippen molar-refractivity contribution in [2.45, 2.75) is 25.7 Å². The number of likely N-dealkylation sites (N-methyl/N-ethyl adjacent to an activating group) is 1. The first-order chi connectivity index (χ1) is 8.31. The Kier molecular flexibility index (Phi) is 3.89. The number of anilines is 1. The standard InChI is InChI=1S/C14H22N2O/c1-3-16-10-11(6-5-9-15)14-12(16)7-4-8-13(14)17-2/h4,7-8,11H,3,5-6,9-10,15H2,1-2H3. The molecule has 17 heavy (non-hydrogen) atoms. The van der Waals surface area contributed by atoms with Gasteiger partial charge in [-0.2, -0.15) is 0 Å². The molecule has 3 heteroatoms. The maximum atomic E-state index is 5.62. The van der Waals surface area contributed by atoms with Crippen LogP contribution in [0.5, 0.6) is 5.75 Å². The van der Waals surface area contributed by atoms with Crippen molar-refractivity contribution in [1.82, 2.24) is 0 Å². The second-order valence-corrected chi connectivity index (χ2v) is 4.56. The average Bonchev–Trinajstić information content (AvgIpc) is 2.74. The van der Waals surface area contributed by atoms with Gasteiger partial charge < -0.3 is 15.4 Å². The third kappa shape index (κ3) is 2.25. The van der Waals surface area contributed by atoms with Gasteiger partial charge in [-0.25, -0.2) is 0 Å². The lowest BCUT2D eigenvalue weighted by molar-refractivity contribution is 0.406. The van der Waals surface area contributed by atoms with Gasteiger partial charge in [-0.1, -0.05) is 6.07 Å². The second-order valence-electron chi connectivity index (χ2n) is 4.56. The first kappa shape index (κ1) is 12.2. The highest BCUT2D eigenvalue weighted by atomic mass is 16.5. The second kappa shape index (κ2) is 5.41. The van der Waals surface area contributed by atoms with Crippen molar-refractivity contribution in [3.63, 3.8) is 0 Å². The topological polar surface area (TPSA) is 38.5 Å². The maximum Gasteiger partial charge on any atom is 0.124 e. The Labute approximate surface area is 104 Å². The molecule has 1 aromatic rings. The molecular weight excluding hydrogens is 212 g/mol. The fourth-order valence-electron chi connectivity index (χ4n) is 2.75. The van der Waals surface area contributed by atoms with Crippen LogP contribution in [0.15, 0.2) is 18.2 Å². The molecule has 1 aliphatic rings. The highest BCUT2D eigenvalue weighted by Crippen LogP contribution is 2.43. The molecule has 0 aromatic heterocycles. The maximum absolute atomic E-state index is 5.62. The minimum absolute atomic E-state index is 0.574. The van der Waals surface area contributed by atoms with Crippen LogP contribution in [0.4, 0.5) is 5.69 Å². The zero-order valence-electron chi connectivity index (χ0n) is 10.8. The number of fused-ring (bicyclic) bond motifs is 1. The Hall–Kier alpha value is -1.22. The van der Waals surface area contributed by atoms with E-state index in [1.807, 2.05) is 0 Å². The van der Waals surface area contributed by atoms with Gasteiger partial charge in [-0.3, -0.25) is 0 Å². The first-order valence-corrected chi connectivity index (χ1v) is 6.43. The van der Waals surface area contributed by atoms with Gasteiger partial charge >= 0.3 is 0 Å². The molecule has 0 spiro atoms. The van der Waals surface area contributed by atoms with Gasteiger partial charge in [0.1, 0.15) is 5.75 Å². The quantitative estimate of drug-likeness (QED) is 0.850. The molecule has 1 aliphatic heterocycles. The zero-order valence-corrected chi connectivity index (χ0v) is 10.8. The third-order valence-electron chi connectivity index (χ3n) is 3.59. The molecule has 3 nitrogen and oxygen atoms in total. The van der Waals surface area contributed by atoms with Gasteiger partial charge in [0.25, 0.3) is 0 Å². The Morgan fingerprint density at radius 1 is 1.47 bits per heavy atom. The molecule has 1 atom stereocenters. The van der Waals surface area contributed by atoms with E-state index in [1.165, 1.54) is 11.3 Å². The summed E-state index contributed by atoms with van der Waals surface area (Å²) in [5.74, 6) is 1.60. The van der Waals surface area contributed by atoms with E-state index in [1.54, 1.807) is 7.11 Å². The van der Waals surface area contributed by atoms with Crippen LogP contribution in [0.1, 0.15) is 31.2 Å². The molecule has 0 aliphatic carbocycles. The summed E-state index contributed by atoms with van der Waals surface area (Å²) in [6.45, 7) is 5.13. The molecule has 94 valence electrons. The van der Waals surface area contributed by atoms with Gasteiger partial charge in [-0.05, 0) is 38.4 Å². The van der Waals surface area contributed by atoms with Gasteiger partial charge in [0.05, 0.1) is 7.11 Å². The number of nitrogens with two attached hydrogens (primary N) is 1. The molecule has 2 N–H and O–H groups in total. The van der Waals surface area contributed by atoms with Gasteiger partial charge in [0, 0.05) is 30.3 Å². The van der Waals surface area contributed by atoms with E-state index in [0.717, 1.165) is 38.2 Å². The van der Waals surface area contributed by atoms with Crippen LogP contribution in [0.2, 0.25) is 0 Å². The summed E-state index contributed by atoms with van der Waals surface area (Å²) in [6, 6.07) is 6.34. The summed E-state index contributed by atoms with van der Waals surface area (Å²) < 4.78 is 5.50. The Balaban J connectivity index is 2.31. The van der Waals surface area contributed by atoms with E-state index in [-0.39, 0.29) is 0 Å². The summed E-state index contributed by atoms with van der Waals surface area (Å²) in [5, 5.41) is 0. The predicted octanol–water partition coefficient (Wildman–Crippen LogP) is 2.36. The summed E-state index contributed by atoms with van der Waals surface area (Å²) in [7, 11) is 1.75. The smallest absolute Gasteiger partial charge is 0.124 e. The number of rotatable bonds is 5. The number of benzene rings is 1. The molecule has 0 radical (unpaired) electrons. The van der Waals surface area contributed by atoms with Crippen LogP contribution in [0.25, 0.3) is 0 Å². The van der Waals surface area contributed by atoms with E-state index in [4.69, 9.17) is 10.5 Å². The summed E-state index contributed by atoms with van der Waals surface area (Å²) in [6.07, 6.45) is 2.24. The largest absolute Gasteiger partial charge is 0.496 e. The molecular formula is C14H22N2O. The van der Waals surface area contributed by atoms with Crippen molar-refractivity contribution < 1.29 is 4.74 Å². The Morgan fingerprint density at radius 2 is 2.29 bits per heavy atom. The fraction of sp³-hybridized carbons (Fsp3) is 0.571. The average molecular weight is 234 g/mol. The molecule has 1 heterocycles. The van der Waals surface area contributed by atoms with E-state index in [9.17, 15) is 0 Å². The van der Waals surface area contributed by atoms with Crippen LogP contribution < -0.4 is 15.4 Å². The van der Waals surface area contributed by atoms with Crippen molar-refractivity contribution in [2.75, 3.05) is 31.6 Å². The summed E-state index contributed by atoms with van der Waals surface area (Å²) in [4.78, 5) is 2.43. The van der Waals surface area contributed by atoms with Gasteiger partial charge in [0.2, 0.25) is 0 Å². The predicted molar refractivity (Wildman–Crippen MR) is 71.9 cm³/mol.